The summed E-state index contributed by atoms with van der Waals surface area (Å²) in [5, 5.41) is 8.95. The predicted octanol–water partition coefficient (Wildman–Crippen LogP) is 2.99. The average Bonchev–Trinajstić information content (AvgIpc) is 3.12. The van der Waals surface area contributed by atoms with Gasteiger partial charge in [-0.2, -0.15) is 11.8 Å². The number of thioether (sulfide) groups is 1. The number of halogens is 1. The standard InChI is InChI=1S/C17H19N3O3S.ClH/c21-16(10-14-11-24-9-7-18-14)19-12-3-5-13(6-4-12)20-17(22)15-2-1-8-23-15;/h1-6,8,14,18H,7,9-11H2,(H,19,21)(H,20,22);1H. The van der Waals surface area contributed by atoms with Crippen LogP contribution in [0.2, 0.25) is 0 Å². The van der Waals surface area contributed by atoms with Gasteiger partial charge in [0.15, 0.2) is 5.76 Å². The molecule has 1 aromatic heterocycles. The summed E-state index contributed by atoms with van der Waals surface area (Å²) in [5.41, 5.74) is 1.35. The van der Waals surface area contributed by atoms with E-state index < -0.39 is 0 Å². The van der Waals surface area contributed by atoms with E-state index in [9.17, 15) is 9.59 Å². The molecule has 1 aliphatic rings. The number of benzene rings is 1. The molecule has 3 rings (SSSR count). The number of amides is 2. The first-order valence-corrected chi connectivity index (χ1v) is 8.92. The van der Waals surface area contributed by atoms with Crippen molar-refractivity contribution in [3.63, 3.8) is 0 Å². The molecule has 1 unspecified atom stereocenters. The van der Waals surface area contributed by atoms with E-state index in [0.29, 0.717) is 17.8 Å². The van der Waals surface area contributed by atoms with Crippen molar-refractivity contribution in [2.45, 2.75) is 12.5 Å². The third kappa shape index (κ3) is 5.81. The molecular formula is C17H20ClN3O3S. The lowest BCUT2D eigenvalue weighted by molar-refractivity contribution is -0.116. The van der Waals surface area contributed by atoms with E-state index in [2.05, 4.69) is 16.0 Å². The summed E-state index contributed by atoms with van der Waals surface area (Å²) in [6.45, 7) is 0.951. The van der Waals surface area contributed by atoms with Crippen LogP contribution in [-0.4, -0.2) is 35.9 Å². The Hall–Kier alpha value is -1.96. The first-order chi connectivity index (χ1) is 11.7. The molecule has 2 aromatic rings. The molecular weight excluding hydrogens is 362 g/mol. The van der Waals surface area contributed by atoms with E-state index in [1.165, 1.54) is 6.26 Å². The number of hydrogen-bond acceptors (Lipinski definition) is 5. The van der Waals surface area contributed by atoms with Crippen molar-refractivity contribution in [3.05, 3.63) is 48.4 Å². The molecule has 134 valence electrons. The summed E-state index contributed by atoms with van der Waals surface area (Å²) in [4.78, 5) is 23.9. The maximum atomic E-state index is 12.1. The number of rotatable bonds is 5. The zero-order chi connectivity index (χ0) is 16.8. The van der Waals surface area contributed by atoms with Crippen LogP contribution < -0.4 is 16.0 Å². The van der Waals surface area contributed by atoms with E-state index >= 15 is 0 Å². The Balaban J connectivity index is 0.00000225. The van der Waals surface area contributed by atoms with Crippen LogP contribution >= 0.6 is 24.2 Å². The van der Waals surface area contributed by atoms with Crippen molar-refractivity contribution in [2.75, 3.05) is 28.7 Å². The van der Waals surface area contributed by atoms with Gasteiger partial charge in [0.1, 0.15) is 0 Å². The van der Waals surface area contributed by atoms with Crippen LogP contribution in [0.15, 0.2) is 47.1 Å². The van der Waals surface area contributed by atoms with Gasteiger partial charge in [0.2, 0.25) is 5.91 Å². The molecule has 1 aromatic carbocycles. The average molecular weight is 382 g/mol. The molecule has 2 amide bonds. The summed E-state index contributed by atoms with van der Waals surface area (Å²) in [6, 6.07) is 10.5. The van der Waals surface area contributed by atoms with Gasteiger partial charge in [-0.25, -0.2) is 0 Å². The van der Waals surface area contributed by atoms with Crippen LogP contribution in [0.3, 0.4) is 0 Å². The Morgan fingerprint density at radius 1 is 1.16 bits per heavy atom. The summed E-state index contributed by atoms with van der Waals surface area (Å²) in [7, 11) is 0. The second-order valence-corrected chi connectivity index (χ2v) is 6.64. The number of hydrogen-bond donors (Lipinski definition) is 3. The SMILES string of the molecule is Cl.O=C(CC1CSCCN1)Nc1ccc(NC(=O)c2ccco2)cc1. The highest BCUT2D eigenvalue weighted by molar-refractivity contribution is 7.99. The molecule has 0 radical (unpaired) electrons. The normalized spacial score (nSPS) is 16.6. The van der Waals surface area contributed by atoms with E-state index in [1.54, 1.807) is 36.4 Å². The van der Waals surface area contributed by atoms with Gasteiger partial charge in [0, 0.05) is 41.9 Å². The lowest BCUT2D eigenvalue weighted by atomic mass is 10.2. The maximum absolute atomic E-state index is 12.1. The number of anilines is 2. The summed E-state index contributed by atoms with van der Waals surface area (Å²) in [5.74, 6) is 2.00. The second kappa shape index (κ2) is 9.50. The van der Waals surface area contributed by atoms with Crippen LogP contribution in [0.5, 0.6) is 0 Å². The molecule has 1 aliphatic heterocycles. The van der Waals surface area contributed by atoms with Crippen LogP contribution in [0.1, 0.15) is 17.0 Å². The van der Waals surface area contributed by atoms with E-state index in [4.69, 9.17) is 4.42 Å². The van der Waals surface area contributed by atoms with Crippen molar-refractivity contribution >= 4 is 47.4 Å². The van der Waals surface area contributed by atoms with Crippen molar-refractivity contribution in [1.82, 2.24) is 5.32 Å². The molecule has 2 heterocycles. The van der Waals surface area contributed by atoms with Gasteiger partial charge in [-0.05, 0) is 36.4 Å². The number of carbonyl (C=O) groups is 2. The minimum absolute atomic E-state index is 0. The van der Waals surface area contributed by atoms with Crippen LogP contribution in [0, 0.1) is 0 Å². The lowest BCUT2D eigenvalue weighted by Crippen LogP contribution is -2.39. The largest absolute Gasteiger partial charge is 0.459 e. The molecule has 0 bridgehead atoms. The smallest absolute Gasteiger partial charge is 0.291 e. The van der Waals surface area contributed by atoms with Gasteiger partial charge in [0.25, 0.3) is 5.91 Å². The van der Waals surface area contributed by atoms with Crippen LogP contribution in [-0.2, 0) is 4.79 Å². The van der Waals surface area contributed by atoms with Gasteiger partial charge < -0.3 is 20.4 Å². The van der Waals surface area contributed by atoms with Gasteiger partial charge in [0.05, 0.1) is 6.26 Å². The molecule has 1 fully saturated rings. The van der Waals surface area contributed by atoms with Crippen molar-refractivity contribution in [2.24, 2.45) is 0 Å². The Morgan fingerprint density at radius 2 is 1.88 bits per heavy atom. The third-order valence-corrected chi connectivity index (χ3v) is 4.73. The molecule has 0 saturated carbocycles. The molecule has 8 heteroatoms. The van der Waals surface area contributed by atoms with Gasteiger partial charge in [-0.3, -0.25) is 9.59 Å². The minimum atomic E-state index is -0.308. The minimum Gasteiger partial charge on any atom is -0.459 e. The summed E-state index contributed by atoms with van der Waals surface area (Å²) >= 11 is 1.87. The van der Waals surface area contributed by atoms with Crippen molar-refractivity contribution < 1.29 is 14.0 Å². The Morgan fingerprint density at radius 3 is 2.48 bits per heavy atom. The molecule has 0 aliphatic carbocycles. The topological polar surface area (TPSA) is 83.4 Å². The van der Waals surface area contributed by atoms with E-state index in [1.807, 2.05) is 11.8 Å². The highest BCUT2D eigenvalue weighted by Crippen LogP contribution is 2.16. The van der Waals surface area contributed by atoms with Crippen LogP contribution in [0.4, 0.5) is 11.4 Å². The molecule has 3 N–H and O–H groups in total. The molecule has 0 spiro atoms. The summed E-state index contributed by atoms with van der Waals surface area (Å²) in [6.07, 6.45) is 1.91. The Bertz CT molecular complexity index is 686. The summed E-state index contributed by atoms with van der Waals surface area (Å²) < 4.78 is 5.04. The van der Waals surface area contributed by atoms with E-state index in [0.717, 1.165) is 18.1 Å². The maximum Gasteiger partial charge on any atom is 0.291 e. The Labute approximate surface area is 156 Å². The predicted molar refractivity (Wildman–Crippen MR) is 103 cm³/mol. The molecule has 25 heavy (non-hydrogen) atoms. The fourth-order valence-electron chi connectivity index (χ4n) is 2.42. The molecule has 1 atom stereocenters. The molecule has 6 nitrogen and oxygen atoms in total. The Kier molecular flexibility index (Phi) is 7.36. The molecule has 1 saturated heterocycles. The fraction of sp³-hybridized carbons (Fsp3) is 0.294. The van der Waals surface area contributed by atoms with Gasteiger partial charge in [-0.1, -0.05) is 0 Å². The zero-order valence-electron chi connectivity index (χ0n) is 13.5. The highest BCUT2D eigenvalue weighted by atomic mass is 35.5. The number of carbonyl (C=O) groups excluding carboxylic acids is 2. The van der Waals surface area contributed by atoms with E-state index in [-0.39, 0.29) is 36.0 Å². The van der Waals surface area contributed by atoms with Crippen LogP contribution in [0.25, 0.3) is 0 Å². The van der Waals surface area contributed by atoms with Gasteiger partial charge >= 0.3 is 0 Å². The lowest BCUT2D eigenvalue weighted by Gasteiger charge is -2.22. The monoisotopic (exact) mass is 381 g/mol. The first-order valence-electron chi connectivity index (χ1n) is 7.76. The van der Waals surface area contributed by atoms with Crippen molar-refractivity contribution in [1.29, 1.82) is 0 Å². The van der Waals surface area contributed by atoms with Gasteiger partial charge in [-0.15, -0.1) is 12.4 Å². The third-order valence-electron chi connectivity index (χ3n) is 3.60. The highest BCUT2D eigenvalue weighted by Gasteiger charge is 2.16. The number of furan rings is 1. The van der Waals surface area contributed by atoms with Crippen molar-refractivity contribution in [3.8, 4) is 0 Å². The quantitative estimate of drug-likeness (QED) is 0.741. The fourth-order valence-corrected chi connectivity index (χ4v) is 3.37. The number of nitrogens with one attached hydrogen (secondary N) is 3. The first kappa shape index (κ1) is 19.4. The second-order valence-electron chi connectivity index (χ2n) is 5.49. The zero-order valence-corrected chi connectivity index (χ0v) is 15.1.